The van der Waals surface area contributed by atoms with Crippen LogP contribution in [0.1, 0.15) is 82.0 Å². The highest BCUT2D eigenvalue weighted by Crippen LogP contribution is 2.34. The summed E-state index contributed by atoms with van der Waals surface area (Å²) in [6, 6.07) is 3.96. The van der Waals surface area contributed by atoms with Gasteiger partial charge >= 0.3 is 11.9 Å². The van der Waals surface area contributed by atoms with Crippen molar-refractivity contribution >= 4 is 56.7 Å². The van der Waals surface area contributed by atoms with Crippen LogP contribution in [0.4, 0.5) is 0 Å². The van der Waals surface area contributed by atoms with Crippen LogP contribution in [0.25, 0.3) is 0 Å². The van der Waals surface area contributed by atoms with Crippen LogP contribution in [-0.2, 0) is 38.5 Å². The molecule has 2 N–H and O–H groups in total. The molecule has 0 fully saturated rings. The summed E-state index contributed by atoms with van der Waals surface area (Å²) in [6.45, 7) is 6.91. The molecule has 15 heteroatoms. The molecule has 0 bridgehead atoms. The zero-order chi connectivity index (χ0) is 36.5. The monoisotopic (exact) mass is 696 g/mol. The Morgan fingerprint density at radius 1 is 0.633 bits per heavy atom. The number of carbonyl (C=O) groups is 8. The lowest BCUT2D eigenvalue weighted by molar-refractivity contribution is -0.147. The number of methoxy groups -OCH3 is 2. The summed E-state index contributed by atoms with van der Waals surface area (Å²) < 4.78 is 36.9. The Bertz CT molecular complexity index is 1770. The number of sulfone groups is 1. The summed E-state index contributed by atoms with van der Waals surface area (Å²) in [4.78, 5) is 103. The van der Waals surface area contributed by atoms with Gasteiger partial charge in [-0.25, -0.2) is 18.0 Å². The molecule has 2 aliphatic carbocycles. The van der Waals surface area contributed by atoms with E-state index in [2.05, 4.69) is 10.6 Å². The first-order valence-corrected chi connectivity index (χ1v) is 17.0. The number of rotatable bonds is 12. The lowest BCUT2D eigenvalue weighted by Gasteiger charge is -2.22. The first kappa shape index (κ1) is 36.8. The molecule has 0 heterocycles. The van der Waals surface area contributed by atoms with Crippen LogP contribution >= 0.6 is 0 Å². The Hall–Kier alpha value is -5.05. The summed E-state index contributed by atoms with van der Waals surface area (Å²) in [5, 5.41) is 4.83. The third kappa shape index (κ3) is 6.54. The number of hydrogen-bond acceptors (Lipinski definition) is 12. The van der Waals surface area contributed by atoms with Crippen molar-refractivity contribution in [2.24, 2.45) is 23.7 Å². The Morgan fingerprint density at radius 3 is 1.27 bits per heavy atom. The van der Waals surface area contributed by atoms with Gasteiger partial charge in [-0.15, -0.1) is 0 Å². The van der Waals surface area contributed by atoms with Gasteiger partial charge in [0.1, 0.15) is 12.1 Å². The highest BCUT2D eigenvalue weighted by Gasteiger charge is 2.47. The van der Waals surface area contributed by atoms with Crippen LogP contribution in [0.15, 0.2) is 46.2 Å². The van der Waals surface area contributed by atoms with Crippen molar-refractivity contribution in [1.82, 2.24) is 10.6 Å². The molecule has 4 rings (SSSR count). The summed E-state index contributed by atoms with van der Waals surface area (Å²) in [6.07, 6.45) is 0.941. The predicted molar refractivity (Wildman–Crippen MR) is 169 cm³/mol. The zero-order valence-corrected chi connectivity index (χ0v) is 28.5. The number of ether oxygens (including phenoxy) is 2. The molecule has 0 aromatic heterocycles. The van der Waals surface area contributed by atoms with Crippen molar-refractivity contribution in [3.63, 3.8) is 0 Å². The molecule has 0 radical (unpaired) electrons. The maximum absolute atomic E-state index is 13.7. The fraction of sp³-hybridized carbons (Fsp3) is 0.412. The van der Waals surface area contributed by atoms with Crippen molar-refractivity contribution in [3.05, 3.63) is 58.7 Å². The van der Waals surface area contributed by atoms with Gasteiger partial charge in [0.15, 0.2) is 35.0 Å². The number of hydrogen-bond donors (Lipinski definition) is 2. The largest absolute Gasteiger partial charge is 0.467 e. The van der Waals surface area contributed by atoms with Crippen molar-refractivity contribution in [1.29, 1.82) is 0 Å². The van der Waals surface area contributed by atoms with E-state index in [-0.39, 0.29) is 34.1 Å². The molecule has 6 atom stereocenters. The van der Waals surface area contributed by atoms with Crippen LogP contribution in [0.2, 0.25) is 0 Å². The molecule has 2 amide bonds. The fourth-order valence-electron chi connectivity index (χ4n) is 5.76. The molecule has 14 nitrogen and oxygen atoms in total. The van der Waals surface area contributed by atoms with E-state index in [1.54, 1.807) is 27.7 Å². The SMILES string of the molecule is CC[C@H](C)[C@H](NC(=O)C1C(=O)c2ccc(S(=O)(=O)c3ccc4c(c3)C(=O)C(C(=O)N[C@H](C(=O)OC)[C@@H](C)CC)C4=O)cc2C1=O)C(=O)OC. The van der Waals surface area contributed by atoms with Crippen LogP contribution in [-0.4, -0.2) is 81.6 Å². The third-order valence-corrected chi connectivity index (χ3v) is 10.9. The van der Waals surface area contributed by atoms with Gasteiger partial charge in [-0.05, 0) is 48.2 Å². The van der Waals surface area contributed by atoms with E-state index in [9.17, 15) is 46.8 Å². The van der Waals surface area contributed by atoms with Gasteiger partial charge in [0.05, 0.1) is 24.0 Å². The van der Waals surface area contributed by atoms with Crippen LogP contribution in [0.5, 0.6) is 0 Å². The van der Waals surface area contributed by atoms with Gasteiger partial charge in [0.25, 0.3) is 0 Å². The quantitative estimate of drug-likeness (QED) is 0.241. The molecule has 260 valence electrons. The normalized spacial score (nSPS) is 19.3. The minimum atomic E-state index is -4.49. The Morgan fingerprint density at radius 2 is 0.959 bits per heavy atom. The highest BCUT2D eigenvalue weighted by molar-refractivity contribution is 7.91. The molecular formula is C34H36N2O12S. The van der Waals surface area contributed by atoms with Crippen molar-refractivity contribution in [2.75, 3.05) is 14.2 Å². The van der Waals surface area contributed by atoms with Gasteiger partial charge < -0.3 is 20.1 Å². The average Bonchev–Trinajstić information content (AvgIpc) is 3.50. The predicted octanol–water partition coefficient (Wildman–Crippen LogP) is 1.92. The van der Waals surface area contributed by atoms with Gasteiger partial charge in [0.2, 0.25) is 21.7 Å². The molecule has 49 heavy (non-hydrogen) atoms. The number of nitrogens with one attached hydrogen (secondary N) is 2. The molecule has 0 spiro atoms. The Balaban J connectivity index is 1.61. The number of Topliss-reactive ketones (excluding diaryl/α,β-unsaturated/α-hetero) is 4. The second-order valence-electron chi connectivity index (χ2n) is 12.0. The number of amides is 2. The molecule has 0 saturated heterocycles. The topological polar surface area (TPSA) is 213 Å². The Kier molecular flexibility index (Phi) is 10.7. The Labute approximate surface area is 282 Å². The fourth-order valence-corrected chi connectivity index (χ4v) is 7.07. The second kappa shape index (κ2) is 14.2. The summed E-state index contributed by atoms with van der Waals surface area (Å²) in [5.41, 5.74) is -1.02. The van der Waals surface area contributed by atoms with E-state index in [0.717, 1.165) is 50.6 Å². The first-order chi connectivity index (χ1) is 23.0. The maximum atomic E-state index is 13.7. The van der Waals surface area contributed by atoms with Crippen molar-refractivity contribution in [3.8, 4) is 0 Å². The summed E-state index contributed by atoms with van der Waals surface area (Å²) >= 11 is 0. The summed E-state index contributed by atoms with van der Waals surface area (Å²) in [5.74, 6) is -11.7. The van der Waals surface area contributed by atoms with Gasteiger partial charge in [-0.3, -0.25) is 28.8 Å². The van der Waals surface area contributed by atoms with Gasteiger partial charge in [-0.1, -0.05) is 40.5 Å². The first-order valence-electron chi connectivity index (χ1n) is 15.5. The molecular weight excluding hydrogens is 660 g/mol. The van der Waals surface area contributed by atoms with Crippen LogP contribution in [0.3, 0.4) is 0 Å². The standard InChI is InChI=1S/C34H36N2O12S/c1-7-15(3)25(33(43)47-5)35-31(41)23-27(37)19-11-9-17(13-21(19)29(23)39)49(45,46)18-10-12-20-22(14-18)30(40)24(28(20)38)32(42)36-26(16(4)8-2)34(44)48-6/h9-16,23-26H,7-8H2,1-6H3,(H,35,41)(H,36,42)/t15-,16-,23?,24?,25-,26-/m0/s1. The minimum Gasteiger partial charge on any atom is -0.467 e. The van der Waals surface area contributed by atoms with Gasteiger partial charge in [0, 0.05) is 22.3 Å². The smallest absolute Gasteiger partial charge is 0.328 e. The molecule has 0 aliphatic heterocycles. The number of carbonyl (C=O) groups excluding carboxylic acids is 8. The van der Waals surface area contributed by atoms with Crippen LogP contribution in [0, 0.1) is 23.7 Å². The van der Waals surface area contributed by atoms with E-state index in [1.807, 2.05) is 0 Å². The van der Waals surface area contributed by atoms with Crippen molar-refractivity contribution in [2.45, 2.75) is 62.4 Å². The lowest BCUT2D eigenvalue weighted by Crippen LogP contribution is -2.49. The second-order valence-corrected chi connectivity index (χ2v) is 14.0. The number of ketones is 4. The van der Waals surface area contributed by atoms with Crippen molar-refractivity contribution < 1.29 is 56.2 Å². The zero-order valence-electron chi connectivity index (χ0n) is 27.6. The van der Waals surface area contributed by atoms with E-state index in [1.165, 1.54) is 0 Å². The van der Waals surface area contributed by atoms with E-state index in [4.69, 9.17) is 9.47 Å². The third-order valence-electron chi connectivity index (χ3n) is 9.17. The van der Waals surface area contributed by atoms with E-state index < -0.39 is 90.4 Å². The minimum absolute atomic E-state index is 0.187. The average molecular weight is 697 g/mol. The number of benzene rings is 2. The molecule has 2 aliphatic rings. The summed E-state index contributed by atoms with van der Waals surface area (Å²) in [7, 11) is -2.22. The molecule has 0 saturated carbocycles. The molecule has 2 aromatic rings. The van der Waals surface area contributed by atoms with E-state index >= 15 is 0 Å². The van der Waals surface area contributed by atoms with E-state index in [0.29, 0.717) is 12.8 Å². The number of esters is 2. The van der Waals surface area contributed by atoms with Gasteiger partial charge in [-0.2, -0.15) is 0 Å². The highest BCUT2D eigenvalue weighted by atomic mass is 32.2. The molecule has 2 aromatic carbocycles. The maximum Gasteiger partial charge on any atom is 0.328 e. The lowest BCUT2D eigenvalue weighted by atomic mass is 9.97. The number of fused-ring (bicyclic) bond motifs is 2. The van der Waals surface area contributed by atoms with Crippen LogP contribution < -0.4 is 10.6 Å². The molecule has 2 unspecified atom stereocenters.